The molecule has 5 rings (SSSR count). The van der Waals surface area contributed by atoms with Crippen LogP contribution >= 0.6 is 0 Å². The van der Waals surface area contributed by atoms with Gasteiger partial charge in [0, 0.05) is 11.1 Å². The zero-order chi connectivity index (χ0) is 27.6. The van der Waals surface area contributed by atoms with E-state index in [1.54, 1.807) is 33.9 Å². The quantitative estimate of drug-likeness (QED) is 0.299. The molecule has 2 heterocycles. The molecule has 0 unspecified atom stereocenters. The Labute approximate surface area is 227 Å². The molecule has 0 saturated carbocycles. The van der Waals surface area contributed by atoms with Gasteiger partial charge in [-0.05, 0) is 61.7 Å². The minimum Gasteiger partial charge on any atom is -0.493 e. The summed E-state index contributed by atoms with van der Waals surface area (Å²) in [5, 5.41) is 3.01. The number of methoxy groups -OCH3 is 1. The van der Waals surface area contributed by atoms with E-state index < -0.39 is 11.6 Å². The number of benzene rings is 3. The van der Waals surface area contributed by atoms with Crippen molar-refractivity contribution in [1.29, 1.82) is 0 Å². The summed E-state index contributed by atoms with van der Waals surface area (Å²) in [7, 11) is 1.55. The Morgan fingerprint density at radius 2 is 1.64 bits per heavy atom. The second-order valence-corrected chi connectivity index (χ2v) is 10.3. The number of fused-ring (bicyclic) bond motifs is 3. The Hall–Kier alpha value is -4.65. The first-order chi connectivity index (χ1) is 18.7. The van der Waals surface area contributed by atoms with Crippen molar-refractivity contribution in [2.24, 2.45) is 0 Å². The molecule has 4 aromatic rings. The molecule has 0 radical (unpaired) electrons. The smallest absolute Gasteiger partial charge is 0.344 e. The van der Waals surface area contributed by atoms with E-state index in [0.29, 0.717) is 11.5 Å². The lowest BCUT2D eigenvalue weighted by molar-refractivity contribution is -0.157. The molecule has 0 atom stereocenters. The fourth-order valence-corrected chi connectivity index (χ4v) is 4.60. The summed E-state index contributed by atoms with van der Waals surface area (Å²) in [4.78, 5) is 30.2. The Bertz CT molecular complexity index is 1540. The Balaban J connectivity index is 1.61. The van der Waals surface area contributed by atoms with Crippen LogP contribution in [0, 0.1) is 0 Å². The second kappa shape index (κ2) is 10.6. The number of carbonyl (C=O) groups excluding carboxylic acids is 2. The van der Waals surface area contributed by atoms with E-state index in [-0.39, 0.29) is 18.9 Å². The molecule has 1 aliphatic heterocycles. The van der Waals surface area contributed by atoms with Crippen LogP contribution in [0.5, 0.6) is 11.5 Å². The van der Waals surface area contributed by atoms with Gasteiger partial charge in [-0.3, -0.25) is 4.79 Å². The number of carbonyl (C=O) groups is 2. The fraction of sp³-hybridized carbons (Fsp3) is 0.219. The van der Waals surface area contributed by atoms with E-state index in [2.05, 4.69) is 5.32 Å². The average molecular weight is 523 g/mol. The van der Waals surface area contributed by atoms with Crippen LogP contribution in [-0.2, 0) is 20.7 Å². The van der Waals surface area contributed by atoms with Crippen molar-refractivity contribution >= 4 is 17.6 Å². The van der Waals surface area contributed by atoms with Gasteiger partial charge in [0.2, 0.25) is 5.91 Å². The number of aromatic nitrogens is 1. The van der Waals surface area contributed by atoms with Gasteiger partial charge < -0.3 is 19.5 Å². The van der Waals surface area contributed by atoms with E-state index >= 15 is 0 Å². The highest BCUT2D eigenvalue weighted by Crippen LogP contribution is 2.41. The highest BCUT2D eigenvalue weighted by molar-refractivity contribution is 6.02. The number of hydrogen-bond donors (Lipinski definition) is 1. The van der Waals surface area contributed by atoms with Crippen molar-refractivity contribution in [1.82, 2.24) is 4.98 Å². The molecule has 0 fully saturated rings. The Morgan fingerprint density at radius 1 is 0.897 bits per heavy atom. The van der Waals surface area contributed by atoms with Gasteiger partial charge in [0.1, 0.15) is 5.60 Å². The summed E-state index contributed by atoms with van der Waals surface area (Å²) in [6, 6.07) is 25.1. The molecule has 7 heteroatoms. The van der Waals surface area contributed by atoms with Gasteiger partial charge in [0.05, 0.1) is 30.6 Å². The maximum Gasteiger partial charge on any atom is 0.344 e. The van der Waals surface area contributed by atoms with Crippen LogP contribution in [0.2, 0.25) is 0 Å². The van der Waals surface area contributed by atoms with Crippen LogP contribution in [0.15, 0.2) is 78.9 Å². The number of ether oxygens (including phenoxy) is 3. The molecule has 0 saturated heterocycles. The number of para-hydroxylation sites is 1. The number of anilines is 1. The summed E-state index contributed by atoms with van der Waals surface area (Å²) >= 11 is 0. The predicted molar refractivity (Wildman–Crippen MR) is 151 cm³/mol. The first-order valence-electron chi connectivity index (χ1n) is 12.7. The maximum atomic E-state index is 12.9. The summed E-state index contributed by atoms with van der Waals surface area (Å²) in [5.74, 6) is 0.297. The van der Waals surface area contributed by atoms with Crippen molar-refractivity contribution in [3.63, 3.8) is 0 Å². The zero-order valence-electron chi connectivity index (χ0n) is 22.4. The predicted octanol–water partition coefficient (Wildman–Crippen LogP) is 6.31. The molecule has 1 amide bonds. The van der Waals surface area contributed by atoms with E-state index in [0.717, 1.165) is 44.9 Å². The first kappa shape index (κ1) is 26.0. The van der Waals surface area contributed by atoms with E-state index in [1.807, 2.05) is 72.8 Å². The van der Waals surface area contributed by atoms with Crippen molar-refractivity contribution in [3.8, 4) is 45.1 Å². The van der Waals surface area contributed by atoms with E-state index in [1.165, 1.54) is 0 Å². The molecule has 3 aromatic carbocycles. The third-order valence-corrected chi connectivity index (χ3v) is 6.23. The molecular formula is C32H30N2O5. The molecule has 7 nitrogen and oxygen atoms in total. The van der Waals surface area contributed by atoms with Gasteiger partial charge in [-0.2, -0.15) is 0 Å². The standard InChI is InChI=1S/C32H30N2O5/c1-32(2,3)39-30(36)19-38-27-15-14-21(16-28(27)37-4)23-17-26(20-10-6-5-7-11-20)34-31-22-12-8-9-13-25(22)33-29(35)18-24(23)31/h5-17H,18-19H2,1-4H3,(H,33,35). The zero-order valence-corrected chi connectivity index (χ0v) is 22.4. The third kappa shape index (κ3) is 5.77. The van der Waals surface area contributed by atoms with Gasteiger partial charge in [0.25, 0.3) is 0 Å². The summed E-state index contributed by atoms with van der Waals surface area (Å²) in [6.45, 7) is 5.17. The minimum absolute atomic E-state index is 0.110. The van der Waals surface area contributed by atoms with Gasteiger partial charge in [-0.25, -0.2) is 9.78 Å². The number of nitrogens with one attached hydrogen (secondary N) is 1. The number of esters is 1. The SMILES string of the molecule is COc1cc(-c2cc(-c3ccccc3)nc3c2CC(=O)Nc2ccccc2-3)ccc1OCC(=O)OC(C)(C)C. The van der Waals surface area contributed by atoms with Crippen molar-refractivity contribution in [3.05, 3.63) is 84.4 Å². The van der Waals surface area contributed by atoms with Crippen molar-refractivity contribution in [2.75, 3.05) is 19.0 Å². The van der Waals surface area contributed by atoms with Gasteiger partial charge in [0.15, 0.2) is 18.1 Å². The maximum absolute atomic E-state index is 12.9. The molecule has 1 aliphatic rings. The lowest BCUT2D eigenvalue weighted by Crippen LogP contribution is -2.27. The Morgan fingerprint density at radius 3 is 2.38 bits per heavy atom. The van der Waals surface area contributed by atoms with Crippen molar-refractivity contribution < 1.29 is 23.8 Å². The highest BCUT2D eigenvalue weighted by Gasteiger charge is 2.25. The summed E-state index contributed by atoms with van der Waals surface area (Å²) < 4.78 is 16.7. The van der Waals surface area contributed by atoms with Crippen LogP contribution < -0.4 is 14.8 Å². The normalized spacial score (nSPS) is 12.5. The average Bonchev–Trinajstić information content (AvgIpc) is 3.06. The van der Waals surface area contributed by atoms with Crippen LogP contribution in [0.25, 0.3) is 33.6 Å². The molecule has 198 valence electrons. The molecule has 0 aliphatic carbocycles. The van der Waals surface area contributed by atoms with Crippen molar-refractivity contribution in [2.45, 2.75) is 32.8 Å². The summed E-state index contributed by atoms with van der Waals surface area (Å²) in [5.41, 5.74) is 6.02. The first-order valence-corrected chi connectivity index (χ1v) is 12.7. The third-order valence-electron chi connectivity index (χ3n) is 6.23. The molecule has 0 spiro atoms. The molecule has 0 bridgehead atoms. The van der Waals surface area contributed by atoms with E-state index in [9.17, 15) is 9.59 Å². The lowest BCUT2D eigenvalue weighted by Gasteiger charge is -2.20. The summed E-state index contributed by atoms with van der Waals surface area (Å²) in [6.07, 6.45) is 0.167. The number of hydrogen-bond acceptors (Lipinski definition) is 6. The van der Waals surface area contributed by atoms with Crippen LogP contribution in [0.3, 0.4) is 0 Å². The Kier molecular flexibility index (Phi) is 7.07. The second-order valence-electron chi connectivity index (χ2n) is 10.3. The largest absolute Gasteiger partial charge is 0.493 e. The lowest BCUT2D eigenvalue weighted by atomic mass is 9.92. The number of rotatable bonds is 6. The van der Waals surface area contributed by atoms with Crippen LogP contribution in [0.1, 0.15) is 26.3 Å². The monoisotopic (exact) mass is 522 g/mol. The minimum atomic E-state index is -0.602. The molecule has 39 heavy (non-hydrogen) atoms. The molecular weight excluding hydrogens is 492 g/mol. The van der Waals surface area contributed by atoms with Crippen LogP contribution in [-0.4, -0.2) is 36.2 Å². The fourth-order valence-electron chi connectivity index (χ4n) is 4.60. The molecule has 1 N–H and O–H groups in total. The number of pyridine rings is 1. The topological polar surface area (TPSA) is 86.8 Å². The van der Waals surface area contributed by atoms with Gasteiger partial charge >= 0.3 is 5.97 Å². The van der Waals surface area contributed by atoms with Gasteiger partial charge in [-0.15, -0.1) is 0 Å². The number of nitrogens with zero attached hydrogens (tertiary/aromatic N) is 1. The molecule has 1 aromatic heterocycles. The van der Waals surface area contributed by atoms with Crippen LogP contribution in [0.4, 0.5) is 5.69 Å². The van der Waals surface area contributed by atoms with E-state index in [4.69, 9.17) is 19.2 Å². The highest BCUT2D eigenvalue weighted by atomic mass is 16.6. The van der Waals surface area contributed by atoms with Gasteiger partial charge in [-0.1, -0.05) is 54.6 Å². The number of amides is 1.